The molecular formula is C41H43N5O4S. The van der Waals surface area contributed by atoms with Gasteiger partial charge in [0, 0.05) is 37.7 Å². The molecule has 9 nitrogen and oxygen atoms in total. The number of carbonyl (C=O) groups is 3. The van der Waals surface area contributed by atoms with Crippen LogP contribution in [0.25, 0.3) is 21.3 Å². The first-order valence-electron chi connectivity index (χ1n) is 17.7. The number of Topliss-reactive ketones (excluding diaryl/α,β-unsaturated/α-hetero) is 2. The molecule has 3 aromatic carbocycles. The summed E-state index contributed by atoms with van der Waals surface area (Å²) in [5.41, 5.74) is 6.65. The lowest BCUT2D eigenvalue weighted by atomic mass is 9.94. The number of benzene rings is 3. The number of hydrogen-bond donors (Lipinski definition) is 1. The second-order valence-electron chi connectivity index (χ2n) is 13.7. The molecule has 1 amide bonds. The van der Waals surface area contributed by atoms with Crippen molar-refractivity contribution in [2.75, 3.05) is 43.0 Å². The summed E-state index contributed by atoms with van der Waals surface area (Å²) >= 11 is 1.46. The number of likely N-dealkylation sites (tertiary alicyclic amines) is 1. The zero-order chi connectivity index (χ0) is 35.5. The largest absolute Gasteiger partial charge is 0.493 e. The fourth-order valence-corrected chi connectivity index (χ4v) is 8.27. The standard InChI is InChI=1S/C41H43N5O4S/c1-26(47)23-45-20-18-29(24-45)9-8-22-50-36-14-7-11-31(27(36)2)32-16-17-38(43-39(32)28(3)48)46-21-19-30-10-6-12-33(34(30)25-46)40(49)44-41-42-35-13-4-5-15-37(35)51-41/h4-7,10-17,29H,8-9,18-25H2,1-3H3,(H,42,44,49). The number of hydrogen-bond acceptors (Lipinski definition) is 9. The second-order valence-corrected chi connectivity index (χ2v) is 14.7. The molecule has 2 aliphatic heterocycles. The van der Waals surface area contributed by atoms with Crippen LogP contribution in [0, 0.1) is 12.8 Å². The molecule has 5 aromatic rings. The first-order chi connectivity index (χ1) is 24.7. The molecule has 0 spiro atoms. The van der Waals surface area contributed by atoms with Crippen LogP contribution in [0.5, 0.6) is 5.75 Å². The van der Waals surface area contributed by atoms with Gasteiger partial charge in [-0.3, -0.25) is 24.6 Å². The Balaban J connectivity index is 1.05. The minimum atomic E-state index is -0.187. The number of anilines is 2. The van der Waals surface area contributed by atoms with Crippen molar-refractivity contribution in [2.24, 2.45) is 5.92 Å². The summed E-state index contributed by atoms with van der Waals surface area (Å²) in [6.07, 6.45) is 3.90. The van der Waals surface area contributed by atoms with E-state index in [-0.39, 0.29) is 17.5 Å². The van der Waals surface area contributed by atoms with Gasteiger partial charge >= 0.3 is 0 Å². The van der Waals surface area contributed by atoms with Crippen molar-refractivity contribution in [1.82, 2.24) is 14.9 Å². The van der Waals surface area contributed by atoms with Crippen molar-refractivity contribution in [3.05, 3.63) is 101 Å². The lowest BCUT2D eigenvalue weighted by Gasteiger charge is -2.31. The third-order valence-electron chi connectivity index (χ3n) is 9.97. The smallest absolute Gasteiger partial charge is 0.257 e. The topological polar surface area (TPSA) is 105 Å². The van der Waals surface area contributed by atoms with Crippen LogP contribution in [0.4, 0.5) is 10.9 Å². The molecule has 0 radical (unpaired) electrons. The molecule has 51 heavy (non-hydrogen) atoms. The quantitative estimate of drug-likeness (QED) is 0.104. The van der Waals surface area contributed by atoms with Crippen molar-refractivity contribution >= 4 is 50.0 Å². The third kappa shape index (κ3) is 7.72. The number of ether oxygens (including phenoxy) is 1. The molecule has 0 saturated carbocycles. The molecule has 10 heteroatoms. The predicted molar refractivity (Wildman–Crippen MR) is 203 cm³/mol. The summed E-state index contributed by atoms with van der Waals surface area (Å²) in [5, 5.41) is 3.59. The van der Waals surface area contributed by atoms with Gasteiger partial charge in [-0.2, -0.15) is 0 Å². The third-order valence-corrected chi connectivity index (χ3v) is 10.9. The Hall–Kier alpha value is -4.93. The van der Waals surface area contributed by atoms with Crippen LogP contribution >= 0.6 is 11.3 Å². The number of nitrogens with one attached hydrogen (secondary N) is 1. The van der Waals surface area contributed by atoms with E-state index in [1.807, 2.05) is 73.7 Å². The lowest BCUT2D eigenvalue weighted by molar-refractivity contribution is -0.117. The van der Waals surface area contributed by atoms with Gasteiger partial charge in [0.1, 0.15) is 23.0 Å². The summed E-state index contributed by atoms with van der Waals surface area (Å²) in [6, 6.07) is 23.6. The monoisotopic (exact) mass is 701 g/mol. The first-order valence-corrected chi connectivity index (χ1v) is 18.5. The van der Waals surface area contributed by atoms with Gasteiger partial charge in [0.25, 0.3) is 5.91 Å². The Morgan fingerprint density at radius 1 is 0.941 bits per heavy atom. The first kappa shape index (κ1) is 34.5. The van der Waals surface area contributed by atoms with Crippen molar-refractivity contribution < 1.29 is 19.1 Å². The number of nitrogens with zero attached hydrogens (tertiary/aromatic N) is 4. The number of para-hydroxylation sites is 1. The van der Waals surface area contributed by atoms with Crippen molar-refractivity contribution in [2.45, 2.75) is 53.0 Å². The van der Waals surface area contributed by atoms with Crippen LogP contribution in [0.3, 0.4) is 0 Å². The zero-order valence-corrected chi connectivity index (χ0v) is 30.2. The Bertz CT molecular complexity index is 2080. The highest BCUT2D eigenvalue weighted by Gasteiger charge is 2.26. The fourth-order valence-electron chi connectivity index (χ4n) is 7.41. The van der Waals surface area contributed by atoms with Crippen molar-refractivity contribution in [3.8, 4) is 16.9 Å². The molecule has 1 atom stereocenters. The fraction of sp³-hybridized carbons (Fsp3) is 0.341. The van der Waals surface area contributed by atoms with Crippen LogP contribution in [0.15, 0.2) is 72.8 Å². The molecule has 2 aliphatic rings. The van der Waals surface area contributed by atoms with Crippen LogP contribution in [-0.2, 0) is 17.8 Å². The van der Waals surface area contributed by atoms with E-state index in [9.17, 15) is 14.4 Å². The maximum atomic E-state index is 13.6. The number of aromatic nitrogens is 2. The van der Waals surface area contributed by atoms with Gasteiger partial charge in [-0.15, -0.1) is 0 Å². The normalized spacial score (nSPS) is 15.9. The average molecular weight is 702 g/mol. The Morgan fingerprint density at radius 2 is 1.78 bits per heavy atom. The number of fused-ring (bicyclic) bond motifs is 2. The van der Waals surface area contributed by atoms with E-state index in [4.69, 9.17) is 9.72 Å². The number of amides is 1. The highest BCUT2D eigenvalue weighted by molar-refractivity contribution is 7.22. The van der Waals surface area contributed by atoms with E-state index >= 15 is 0 Å². The number of thiazole rings is 1. The molecule has 1 saturated heterocycles. The molecule has 4 heterocycles. The molecule has 1 N–H and O–H groups in total. The molecule has 262 valence electrons. The molecule has 1 unspecified atom stereocenters. The highest BCUT2D eigenvalue weighted by Crippen LogP contribution is 2.35. The number of carbonyl (C=O) groups excluding carboxylic acids is 3. The SMILES string of the molecule is CC(=O)CN1CCC(CCCOc2cccc(-c3ccc(N4CCc5cccc(C(=O)Nc6nc7ccccc7s6)c5C4)nc3C(C)=O)c2C)C1. The number of rotatable bonds is 12. The predicted octanol–water partition coefficient (Wildman–Crippen LogP) is 7.75. The maximum Gasteiger partial charge on any atom is 0.257 e. The van der Waals surface area contributed by atoms with E-state index in [2.05, 4.69) is 26.2 Å². The van der Waals surface area contributed by atoms with Gasteiger partial charge in [-0.25, -0.2) is 9.97 Å². The average Bonchev–Trinajstić information content (AvgIpc) is 3.75. The highest BCUT2D eigenvalue weighted by atomic mass is 32.1. The molecule has 7 rings (SSSR count). The number of ketones is 2. The minimum Gasteiger partial charge on any atom is -0.493 e. The van der Waals surface area contributed by atoms with Gasteiger partial charge < -0.3 is 9.64 Å². The summed E-state index contributed by atoms with van der Waals surface area (Å²) < 4.78 is 7.29. The van der Waals surface area contributed by atoms with E-state index in [1.54, 1.807) is 13.8 Å². The van der Waals surface area contributed by atoms with Crippen LogP contribution in [0.1, 0.15) is 70.6 Å². The van der Waals surface area contributed by atoms with Gasteiger partial charge in [0.2, 0.25) is 0 Å². The minimum absolute atomic E-state index is 0.110. The molecular weight excluding hydrogens is 659 g/mol. The maximum absolute atomic E-state index is 13.6. The van der Waals surface area contributed by atoms with Gasteiger partial charge in [-0.05, 0) is 111 Å². The van der Waals surface area contributed by atoms with Crippen LogP contribution in [-0.4, -0.2) is 65.1 Å². The summed E-state index contributed by atoms with van der Waals surface area (Å²) in [4.78, 5) is 52.0. The summed E-state index contributed by atoms with van der Waals surface area (Å²) in [7, 11) is 0. The summed E-state index contributed by atoms with van der Waals surface area (Å²) in [6.45, 7) is 9.60. The molecule has 1 fully saturated rings. The molecule has 0 bridgehead atoms. The van der Waals surface area contributed by atoms with E-state index in [0.717, 1.165) is 89.1 Å². The van der Waals surface area contributed by atoms with E-state index < -0.39 is 0 Å². The van der Waals surface area contributed by atoms with Crippen molar-refractivity contribution in [3.63, 3.8) is 0 Å². The van der Waals surface area contributed by atoms with Gasteiger partial charge in [0.05, 0.1) is 23.4 Å². The van der Waals surface area contributed by atoms with E-state index in [0.29, 0.717) is 47.8 Å². The zero-order valence-electron chi connectivity index (χ0n) is 29.4. The summed E-state index contributed by atoms with van der Waals surface area (Å²) in [5.74, 6) is 2.04. The Labute approximate surface area is 302 Å². The second kappa shape index (κ2) is 15.1. The van der Waals surface area contributed by atoms with Crippen LogP contribution < -0.4 is 15.0 Å². The lowest BCUT2D eigenvalue weighted by Crippen LogP contribution is -2.33. The number of pyridine rings is 1. The van der Waals surface area contributed by atoms with Crippen LogP contribution in [0.2, 0.25) is 0 Å². The van der Waals surface area contributed by atoms with Gasteiger partial charge in [0.15, 0.2) is 10.9 Å². The van der Waals surface area contributed by atoms with Gasteiger partial charge in [-0.1, -0.05) is 47.7 Å². The Kier molecular flexibility index (Phi) is 10.2. The molecule has 0 aliphatic carbocycles. The van der Waals surface area contributed by atoms with Crippen molar-refractivity contribution in [1.29, 1.82) is 0 Å². The van der Waals surface area contributed by atoms with E-state index in [1.165, 1.54) is 11.3 Å². The Morgan fingerprint density at radius 3 is 2.61 bits per heavy atom. The molecule has 2 aromatic heterocycles.